The van der Waals surface area contributed by atoms with Crippen LogP contribution >= 0.6 is 0 Å². The second-order valence-electron chi connectivity index (χ2n) is 6.69. The molecule has 2 aliphatic rings. The molecule has 10 heteroatoms. The van der Waals surface area contributed by atoms with Crippen molar-refractivity contribution in [2.24, 2.45) is 0 Å². The van der Waals surface area contributed by atoms with Gasteiger partial charge in [-0.25, -0.2) is 4.98 Å². The lowest BCUT2D eigenvalue weighted by Crippen LogP contribution is -2.47. The smallest absolute Gasteiger partial charge is 0.378 e. The number of ether oxygens (including phenoxy) is 1. The molecule has 0 spiro atoms. The zero-order valence-corrected chi connectivity index (χ0v) is 15.3. The first-order valence-electron chi connectivity index (χ1n) is 9.19. The Hall–Kier alpha value is -2.62. The SMILES string of the molecule is FC(F)(F)c1cc(N2CCN(c3ccnc(N4CCOCC4)n3)CC2)ccn1. The molecule has 2 aromatic rings. The molecule has 2 aliphatic heterocycles. The quantitative estimate of drug-likeness (QED) is 0.790. The molecule has 0 aromatic carbocycles. The van der Waals surface area contributed by atoms with E-state index in [-0.39, 0.29) is 0 Å². The van der Waals surface area contributed by atoms with Crippen molar-refractivity contribution < 1.29 is 17.9 Å². The first-order chi connectivity index (χ1) is 13.5. The van der Waals surface area contributed by atoms with Crippen LogP contribution < -0.4 is 14.7 Å². The molecule has 2 aromatic heterocycles. The summed E-state index contributed by atoms with van der Waals surface area (Å²) in [6.07, 6.45) is -1.48. The Bertz CT molecular complexity index is 804. The Morgan fingerprint density at radius 1 is 0.821 bits per heavy atom. The van der Waals surface area contributed by atoms with Crippen LogP contribution in [-0.4, -0.2) is 67.4 Å². The number of alkyl halides is 3. The average molecular weight is 394 g/mol. The Morgan fingerprint density at radius 3 is 2.21 bits per heavy atom. The molecule has 2 fully saturated rings. The first kappa shape index (κ1) is 18.7. The van der Waals surface area contributed by atoms with E-state index >= 15 is 0 Å². The standard InChI is InChI=1S/C18H21F3N6O/c19-18(20,21)15-13-14(1-3-22-15)25-5-7-26(8-6-25)16-2-4-23-17(24-16)27-9-11-28-12-10-27/h1-4,13H,5-12H2. The van der Waals surface area contributed by atoms with Crippen LogP contribution in [0, 0.1) is 0 Å². The van der Waals surface area contributed by atoms with Crippen molar-refractivity contribution in [3.63, 3.8) is 0 Å². The lowest BCUT2D eigenvalue weighted by Gasteiger charge is -2.37. The van der Waals surface area contributed by atoms with E-state index < -0.39 is 11.9 Å². The molecule has 28 heavy (non-hydrogen) atoms. The number of nitrogens with zero attached hydrogens (tertiary/aromatic N) is 6. The van der Waals surface area contributed by atoms with Crippen molar-refractivity contribution in [2.45, 2.75) is 6.18 Å². The molecule has 4 rings (SSSR count). The van der Waals surface area contributed by atoms with Crippen LogP contribution in [0.2, 0.25) is 0 Å². The fourth-order valence-electron chi connectivity index (χ4n) is 3.40. The summed E-state index contributed by atoms with van der Waals surface area (Å²) in [4.78, 5) is 18.6. The van der Waals surface area contributed by atoms with Gasteiger partial charge in [0, 0.05) is 57.3 Å². The van der Waals surface area contributed by atoms with E-state index in [2.05, 4.69) is 24.8 Å². The minimum absolute atomic E-state index is 0.540. The zero-order chi connectivity index (χ0) is 19.6. The number of aromatic nitrogens is 3. The van der Waals surface area contributed by atoms with Gasteiger partial charge in [0.2, 0.25) is 5.95 Å². The van der Waals surface area contributed by atoms with Gasteiger partial charge in [-0.3, -0.25) is 4.98 Å². The molecule has 0 saturated carbocycles. The van der Waals surface area contributed by atoms with E-state index in [0.717, 1.165) is 25.0 Å². The Balaban J connectivity index is 1.42. The van der Waals surface area contributed by atoms with Gasteiger partial charge < -0.3 is 19.4 Å². The van der Waals surface area contributed by atoms with Crippen molar-refractivity contribution in [1.29, 1.82) is 0 Å². The third kappa shape index (κ3) is 4.11. The van der Waals surface area contributed by atoms with Crippen LogP contribution in [0.4, 0.5) is 30.6 Å². The fourth-order valence-corrected chi connectivity index (χ4v) is 3.40. The van der Waals surface area contributed by atoms with Crippen LogP contribution in [0.3, 0.4) is 0 Å². The van der Waals surface area contributed by atoms with Gasteiger partial charge in [-0.2, -0.15) is 18.2 Å². The monoisotopic (exact) mass is 394 g/mol. The van der Waals surface area contributed by atoms with E-state index in [1.807, 2.05) is 11.0 Å². The second-order valence-corrected chi connectivity index (χ2v) is 6.69. The second kappa shape index (κ2) is 7.78. The highest BCUT2D eigenvalue weighted by molar-refractivity contribution is 5.51. The van der Waals surface area contributed by atoms with E-state index in [1.165, 1.54) is 6.20 Å². The Morgan fingerprint density at radius 2 is 1.50 bits per heavy atom. The van der Waals surface area contributed by atoms with Gasteiger partial charge >= 0.3 is 6.18 Å². The summed E-state index contributed by atoms with van der Waals surface area (Å²) < 4.78 is 44.0. The first-order valence-corrected chi connectivity index (χ1v) is 9.19. The third-order valence-electron chi connectivity index (χ3n) is 4.92. The molecule has 0 aliphatic carbocycles. The van der Waals surface area contributed by atoms with Crippen LogP contribution in [0.25, 0.3) is 0 Å². The summed E-state index contributed by atoms with van der Waals surface area (Å²) in [6.45, 7) is 5.42. The molecule has 0 amide bonds. The maximum Gasteiger partial charge on any atom is 0.433 e. The number of morpholine rings is 1. The molecule has 0 N–H and O–H groups in total. The number of anilines is 3. The van der Waals surface area contributed by atoms with E-state index in [9.17, 15) is 13.2 Å². The van der Waals surface area contributed by atoms with Gasteiger partial charge in [0.25, 0.3) is 0 Å². The number of piperazine rings is 1. The van der Waals surface area contributed by atoms with E-state index in [0.29, 0.717) is 51.0 Å². The van der Waals surface area contributed by atoms with Gasteiger partial charge in [-0.15, -0.1) is 0 Å². The molecular weight excluding hydrogens is 373 g/mol. The molecule has 0 bridgehead atoms. The minimum atomic E-state index is -4.44. The van der Waals surface area contributed by atoms with Gasteiger partial charge in [-0.05, 0) is 18.2 Å². The number of hydrogen-bond acceptors (Lipinski definition) is 7. The highest BCUT2D eigenvalue weighted by atomic mass is 19.4. The molecule has 0 atom stereocenters. The van der Waals surface area contributed by atoms with Crippen molar-refractivity contribution in [3.05, 3.63) is 36.3 Å². The molecule has 2 saturated heterocycles. The number of halogens is 3. The normalized spacial score (nSPS) is 18.5. The molecule has 4 heterocycles. The highest BCUT2D eigenvalue weighted by Gasteiger charge is 2.33. The Kier molecular flexibility index (Phi) is 5.21. The van der Waals surface area contributed by atoms with Gasteiger partial charge in [0.15, 0.2) is 0 Å². The average Bonchev–Trinajstić information content (AvgIpc) is 2.74. The van der Waals surface area contributed by atoms with Crippen molar-refractivity contribution in [1.82, 2.24) is 15.0 Å². The summed E-state index contributed by atoms with van der Waals surface area (Å²) in [5.74, 6) is 1.52. The van der Waals surface area contributed by atoms with Crippen LogP contribution in [0.5, 0.6) is 0 Å². The lowest BCUT2D eigenvalue weighted by molar-refractivity contribution is -0.141. The molecule has 0 radical (unpaired) electrons. The Labute approximate surface area is 160 Å². The molecule has 0 unspecified atom stereocenters. The van der Waals surface area contributed by atoms with Gasteiger partial charge in [-0.1, -0.05) is 0 Å². The van der Waals surface area contributed by atoms with E-state index in [1.54, 1.807) is 12.3 Å². The van der Waals surface area contributed by atoms with Crippen molar-refractivity contribution in [2.75, 3.05) is 67.2 Å². The van der Waals surface area contributed by atoms with Crippen LogP contribution in [0.15, 0.2) is 30.6 Å². The molecular formula is C18H21F3N6O. The minimum Gasteiger partial charge on any atom is -0.378 e. The van der Waals surface area contributed by atoms with E-state index in [4.69, 9.17) is 4.74 Å². The summed E-state index contributed by atoms with van der Waals surface area (Å²) >= 11 is 0. The summed E-state index contributed by atoms with van der Waals surface area (Å²) in [6, 6.07) is 4.59. The van der Waals surface area contributed by atoms with Crippen LogP contribution in [-0.2, 0) is 10.9 Å². The summed E-state index contributed by atoms with van der Waals surface area (Å²) in [7, 11) is 0. The predicted molar refractivity (Wildman–Crippen MR) is 98.7 cm³/mol. The zero-order valence-electron chi connectivity index (χ0n) is 15.3. The fraction of sp³-hybridized carbons (Fsp3) is 0.500. The highest BCUT2D eigenvalue weighted by Crippen LogP contribution is 2.30. The molecule has 150 valence electrons. The summed E-state index contributed by atoms with van der Waals surface area (Å²) in [5, 5.41) is 0. The number of rotatable bonds is 3. The lowest BCUT2D eigenvalue weighted by atomic mass is 10.2. The van der Waals surface area contributed by atoms with Crippen molar-refractivity contribution in [3.8, 4) is 0 Å². The number of pyridine rings is 1. The van der Waals surface area contributed by atoms with Crippen LogP contribution in [0.1, 0.15) is 5.69 Å². The predicted octanol–water partition coefficient (Wildman–Crippen LogP) is 2.05. The largest absolute Gasteiger partial charge is 0.433 e. The number of hydrogen-bond donors (Lipinski definition) is 0. The third-order valence-corrected chi connectivity index (χ3v) is 4.92. The van der Waals surface area contributed by atoms with Gasteiger partial charge in [0.1, 0.15) is 11.5 Å². The topological polar surface area (TPSA) is 57.6 Å². The van der Waals surface area contributed by atoms with Gasteiger partial charge in [0.05, 0.1) is 13.2 Å². The maximum atomic E-state index is 12.9. The molecule has 7 nitrogen and oxygen atoms in total. The van der Waals surface area contributed by atoms with Crippen molar-refractivity contribution >= 4 is 17.5 Å². The maximum absolute atomic E-state index is 12.9. The summed E-state index contributed by atoms with van der Waals surface area (Å²) in [5.41, 5.74) is -0.322.